The number of aromatic amines is 1. The van der Waals surface area contributed by atoms with Crippen molar-refractivity contribution in [1.29, 1.82) is 0 Å². The number of aromatic nitrogens is 1. The number of carbonyl (C=O) groups excluding carboxylic acids is 1. The molecule has 1 heterocycles. The summed E-state index contributed by atoms with van der Waals surface area (Å²) in [6.07, 6.45) is 5.33. The van der Waals surface area contributed by atoms with E-state index in [9.17, 15) is 9.59 Å². The Morgan fingerprint density at radius 2 is 2.38 bits per heavy atom. The van der Waals surface area contributed by atoms with E-state index in [4.69, 9.17) is 5.11 Å². The molecule has 1 aromatic heterocycles. The van der Waals surface area contributed by atoms with Crippen LogP contribution in [0.5, 0.6) is 0 Å². The monoisotopic (exact) mass is 222 g/mol. The summed E-state index contributed by atoms with van der Waals surface area (Å²) in [5.74, 6) is -1.46. The van der Waals surface area contributed by atoms with Gasteiger partial charge in [-0.1, -0.05) is 12.2 Å². The predicted molar refractivity (Wildman–Crippen MR) is 59.1 cm³/mol. The lowest BCUT2D eigenvalue weighted by molar-refractivity contribution is -0.139. The van der Waals surface area contributed by atoms with E-state index < -0.39 is 17.9 Å². The molecule has 1 aromatic rings. The van der Waals surface area contributed by atoms with E-state index in [1.807, 2.05) is 0 Å². The highest BCUT2D eigenvalue weighted by molar-refractivity contribution is 5.95. The lowest BCUT2D eigenvalue weighted by Crippen LogP contribution is -2.40. The average molecular weight is 222 g/mol. The van der Waals surface area contributed by atoms with Gasteiger partial charge in [-0.3, -0.25) is 4.79 Å². The van der Waals surface area contributed by atoms with Gasteiger partial charge in [0.05, 0.1) is 0 Å². The number of hydrogen-bond acceptors (Lipinski definition) is 2. The molecular weight excluding hydrogens is 208 g/mol. The Labute approximate surface area is 93.2 Å². The molecule has 3 N–H and O–H groups in total. The molecule has 0 radical (unpaired) electrons. The lowest BCUT2D eigenvalue weighted by Gasteiger charge is -2.11. The SMILES string of the molecule is C/C=C/CC(NC(=O)c1ccc[nH]1)C(=O)O. The molecule has 0 saturated carbocycles. The van der Waals surface area contributed by atoms with E-state index in [1.165, 1.54) is 0 Å². The minimum absolute atomic E-state index is 0.276. The van der Waals surface area contributed by atoms with Crippen LogP contribution in [0.25, 0.3) is 0 Å². The summed E-state index contributed by atoms with van der Waals surface area (Å²) in [7, 11) is 0. The fraction of sp³-hybridized carbons (Fsp3) is 0.273. The number of nitrogens with one attached hydrogen (secondary N) is 2. The molecule has 5 heteroatoms. The molecule has 0 aliphatic heterocycles. The standard InChI is InChI=1S/C11H14N2O3/c1-2-3-5-9(11(15)16)13-10(14)8-6-4-7-12-8/h2-4,6-7,9,12H,5H2,1H3,(H,13,14)(H,15,16)/b3-2+. The van der Waals surface area contributed by atoms with Crippen LogP contribution in [0.15, 0.2) is 30.5 Å². The first kappa shape index (κ1) is 12.0. The summed E-state index contributed by atoms with van der Waals surface area (Å²) in [5.41, 5.74) is 0.353. The molecule has 0 spiro atoms. The third kappa shape index (κ3) is 3.27. The van der Waals surface area contributed by atoms with Crippen LogP contribution >= 0.6 is 0 Å². The predicted octanol–water partition coefficient (Wildman–Crippen LogP) is 1.16. The molecule has 0 aliphatic carbocycles. The van der Waals surface area contributed by atoms with Gasteiger partial charge in [-0.25, -0.2) is 4.79 Å². The quantitative estimate of drug-likeness (QED) is 0.654. The zero-order valence-corrected chi connectivity index (χ0v) is 8.93. The van der Waals surface area contributed by atoms with Crippen molar-refractivity contribution >= 4 is 11.9 Å². The van der Waals surface area contributed by atoms with Crippen LogP contribution in [0.3, 0.4) is 0 Å². The van der Waals surface area contributed by atoms with Gasteiger partial charge in [0.25, 0.3) is 5.91 Å². The number of allylic oxidation sites excluding steroid dienone is 1. The van der Waals surface area contributed by atoms with Gasteiger partial charge in [0.2, 0.25) is 0 Å². The van der Waals surface area contributed by atoms with Crippen molar-refractivity contribution in [2.24, 2.45) is 0 Å². The first-order chi connectivity index (χ1) is 7.65. The average Bonchev–Trinajstić information content (AvgIpc) is 2.76. The molecule has 1 rings (SSSR count). The first-order valence-corrected chi connectivity index (χ1v) is 4.93. The van der Waals surface area contributed by atoms with E-state index in [0.717, 1.165) is 0 Å². The molecule has 0 saturated heterocycles. The third-order valence-electron chi connectivity index (χ3n) is 2.05. The Morgan fingerprint density at radius 3 is 2.88 bits per heavy atom. The highest BCUT2D eigenvalue weighted by Crippen LogP contribution is 1.99. The van der Waals surface area contributed by atoms with Crippen LogP contribution in [0.1, 0.15) is 23.8 Å². The van der Waals surface area contributed by atoms with E-state index in [2.05, 4.69) is 10.3 Å². The summed E-state index contributed by atoms with van der Waals surface area (Å²) in [5, 5.41) is 11.3. The fourth-order valence-electron chi connectivity index (χ4n) is 1.20. The number of H-pyrrole nitrogens is 1. The van der Waals surface area contributed by atoms with Gasteiger partial charge in [0.15, 0.2) is 0 Å². The van der Waals surface area contributed by atoms with Crippen molar-refractivity contribution < 1.29 is 14.7 Å². The van der Waals surface area contributed by atoms with E-state index in [-0.39, 0.29) is 6.42 Å². The number of rotatable bonds is 5. The van der Waals surface area contributed by atoms with E-state index >= 15 is 0 Å². The normalized spacial score (nSPS) is 12.6. The Morgan fingerprint density at radius 1 is 1.62 bits per heavy atom. The molecule has 86 valence electrons. The Hall–Kier alpha value is -2.04. The van der Waals surface area contributed by atoms with Crippen LogP contribution in [0.2, 0.25) is 0 Å². The second-order valence-electron chi connectivity index (χ2n) is 3.25. The van der Waals surface area contributed by atoms with Gasteiger partial charge < -0.3 is 15.4 Å². The Kier molecular flexibility index (Phi) is 4.32. The van der Waals surface area contributed by atoms with Crippen molar-refractivity contribution in [2.75, 3.05) is 0 Å². The second kappa shape index (κ2) is 5.75. The Bertz CT molecular complexity index is 382. The maximum atomic E-state index is 11.6. The van der Waals surface area contributed by atoms with Crippen molar-refractivity contribution in [3.63, 3.8) is 0 Å². The molecule has 0 aromatic carbocycles. The summed E-state index contributed by atoms with van der Waals surface area (Å²) >= 11 is 0. The largest absolute Gasteiger partial charge is 0.480 e. The van der Waals surface area contributed by atoms with Crippen molar-refractivity contribution in [3.05, 3.63) is 36.2 Å². The highest BCUT2D eigenvalue weighted by atomic mass is 16.4. The molecule has 0 bridgehead atoms. The lowest BCUT2D eigenvalue weighted by atomic mass is 10.2. The second-order valence-corrected chi connectivity index (χ2v) is 3.25. The summed E-state index contributed by atoms with van der Waals surface area (Å²) < 4.78 is 0. The van der Waals surface area contributed by atoms with Crippen LogP contribution in [0, 0.1) is 0 Å². The molecule has 1 unspecified atom stereocenters. The van der Waals surface area contributed by atoms with Crippen LogP contribution in [-0.4, -0.2) is 28.0 Å². The molecule has 1 atom stereocenters. The smallest absolute Gasteiger partial charge is 0.326 e. The molecule has 0 aliphatic rings. The van der Waals surface area contributed by atoms with Gasteiger partial charge in [-0.05, 0) is 25.5 Å². The molecule has 16 heavy (non-hydrogen) atoms. The van der Waals surface area contributed by atoms with Gasteiger partial charge in [0.1, 0.15) is 11.7 Å². The number of carboxylic acid groups (broad SMARTS) is 1. The van der Waals surface area contributed by atoms with Crippen molar-refractivity contribution in [2.45, 2.75) is 19.4 Å². The number of amides is 1. The Balaban J connectivity index is 2.61. The zero-order valence-electron chi connectivity index (χ0n) is 8.93. The number of aliphatic carboxylic acids is 1. The summed E-state index contributed by atoms with van der Waals surface area (Å²) in [6.45, 7) is 1.80. The van der Waals surface area contributed by atoms with Crippen LogP contribution < -0.4 is 5.32 Å². The first-order valence-electron chi connectivity index (χ1n) is 4.93. The summed E-state index contributed by atoms with van der Waals surface area (Å²) in [6, 6.07) is 2.37. The molecule has 5 nitrogen and oxygen atoms in total. The number of carbonyl (C=O) groups is 2. The van der Waals surface area contributed by atoms with E-state index in [1.54, 1.807) is 37.4 Å². The minimum Gasteiger partial charge on any atom is -0.480 e. The number of hydrogen-bond donors (Lipinski definition) is 3. The van der Waals surface area contributed by atoms with Gasteiger partial charge in [0, 0.05) is 6.20 Å². The van der Waals surface area contributed by atoms with Crippen LogP contribution in [0.4, 0.5) is 0 Å². The van der Waals surface area contributed by atoms with Crippen molar-refractivity contribution in [3.8, 4) is 0 Å². The fourth-order valence-corrected chi connectivity index (χ4v) is 1.20. The topological polar surface area (TPSA) is 82.2 Å². The zero-order chi connectivity index (χ0) is 12.0. The van der Waals surface area contributed by atoms with Gasteiger partial charge >= 0.3 is 5.97 Å². The minimum atomic E-state index is -1.04. The molecule has 0 fully saturated rings. The third-order valence-corrected chi connectivity index (χ3v) is 2.05. The maximum absolute atomic E-state index is 11.6. The van der Waals surface area contributed by atoms with Crippen molar-refractivity contribution in [1.82, 2.24) is 10.3 Å². The summed E-state index contributed by atoms with van der Waals surface area (Å²) in [4.78, 5) is 25.1. The maximum Gasteiger partial charge on any atom is 0.326 e. The molecular formula is C11H14N2O3. The van der Waals surface area contributed by atoms with E-state index in [0.29, 0.717) is 5.69 Å². The van der Waals surface area contributed by atoms with Crippen LogP contribution in [-0.2, 0) is 4.79 Å². The van der Waals surface area contributed by atoms with Gasteiger partial charge in [-0.15, -0.1) is 0 Å². The van der Waals surface area contributed by atoms with Gasteiger partial charge in [-0.2, -0.15) is 0 Å². The number of carboxylic acids is 1. The molecule has 1 amide bonds. The highest BCUT2D eigenvalue weighted by Gasteiger charge is 2.19.